The van der Waals surface area contributed by atoms with E-state index in [1.54, 1.807) is 36.4 Å². The SMILES string of the molecule is CC1=C(CCNC(=O)c2cc(Cl)cc(Cl)c2)NOc2ccc(O)cc21. The number of carbonyl (C=O) groups excluding carboxylic acids is 1. The van der Waals surface area contributed by atoms with Crippen LogP contribution in [-0.2, 0) is 0 Å². The maximum Gasteiger partial charge on any atom is 0.251 e. The van der Waals surface area contributed by atoms with Crippen molar-refractivity contribution in [3.05, 3.63) is 63.3 Å². The molecule has 2 aromatic rings. The topological polar surface area (TPSA) is 70.6 Å². The Morgan fingerprint density at radius 2 is 1.92 bits per heavy atom. The number of allylic oxidation sites excluding steroid dienone is 1. The number of amides is 1. The fourth-order valence-corrected chi connectivity index (χ4v) is 3.11. The molecule has 1 amide bonds. The lowest BCUT2D eigenvalue weighted by molar-refractivity contribution is 0.0953. The average Bonchev–Trinajstić information content (AvgIpc) is 2.56. The van der Waals surface area contributed by atoms with E-state index < -0.39 is 0 Å². The van der Waals surface area contributed by atoms with E-state index in [-0.39, 0.29) is 11.7 Å². The van der Waals surface area contributed by atoms with E-state index in [9.17, 15) is 9.90 Å². The molecule has 130 valence electrons. The molecule has 25 heavy (non-hydrogen) atoms. The van der Waals surface area contributed by atoms with Gasteiger partial charge in [-0.05, 0) is 48.9 Å². The molecule has 0 saturated heterocycles. The zero-order valence-electron chi connectivity index (χ0n) is 13.4. The predicted octanol–water partition coefficient (Wildman–Crippen LogP) is 4.15. The fourth-order valence-electron chi connectivity index (χ4n) is 2.58. The van der Waals surface area contributed by atoms with Crippen molar-refractivity contribution < 1.29 is 14.7 Å². The van der Waals surface area contributed by atoms with E-state index in [0.29, 0.717) is 34.3 Å². The third-order valence-corrected chi connectivity index (χ3v) is 4.33. The lowest BCUT2D eigenvalue weighted by atomic mass is 10.0. The van der Waals surface area contributed by atoms with Gasteiger partial charge in [0.15, 0.2) is 5.75 Å². The van der Waals surface area contributed by atoms with Crippen LogP contribution < -0.4 is 15.6 Å². The maximum atomic E-state index is 12.2. The molecular formula is C18H16Cl2N2O3. The van der Waals surface area contributed by atoms with Crippen molar-refractivity contribution in [1.29, 1.82) is 0 Å². The van der Waals surface area contributed by atoms with Gasteiger partial charge in [-0.1, -0.05) is 23.2 Å². The Morgan fingerprint density at radius 1 is 1.20 bits per heavy atom. The largest absolute Gasteiger partial charge is 0.508 e. The van der Waals surface area contributed by atoms with Crippen LogP contribution in [0.25, 0.3) is 5.57 Å². The van der Waals surface area contributed by atoms with Gasteiger partial charge in [0.1, 0.15) is 5.75 Å². The summed E-state index contributed by atoms with van der Waals surface area (Å²) in [6.45, 7) is 2.34. The number of aromatic hydroxyl groups is 1. The number of hydrogen-bond donors (Lipinski definition) is 3. The Morgan fingerprint density at radius 3 is 2.64 bits per heavy atom. The van der Waals surface area contributed by atoms with Gasteiger partial charge in [-0.2, -0.15) is 0 Å². The molecule has 0 unspecified atom stereocenters. The number of hydroxylamine groups is 1. The third kappa shape index (κ3) is 4.00. The van der Waals surface area contributed by atoms with Crippen LogP contribution in [0.1, 0.15) is 29.3 Å². The standard InChI is InChI=1S/C18H16Cl2N2O3/c1-10-15-9-14(23)2-3-17(15)25-22-16(10)4-5-21-18(24)11-6-12(19)8-13(20)7-11/h2-3,6-9,22-23H,4-5H2,1H3,(H,21,24). The highest BCUT2D eigenvalue weighted by Gasteiger charge is 2.18. The van der Waals surface area contributed by atoms with Crippen LogP contribution in [0.15, 0.2) is 42.1 Å². The summed E-state index contributed by atoms with van der Waals surface area (Å²) in [6, 6.07) is 9.61. The summed E-state index contributed by atoms with van der Waals surface area (Å²) in [7, 11) is 0. The van der Waals surface area contributed by atoms with Gasteiger partial charge < -0.3 is 15.3 Å². The third-order valence-electron chi connectivity index (χ3n) is 3.89. The summed E-state index contributed by atoms with van der Waals surface area (Å²) in [5, 5.41) is 13.3. The van der Waals surface area contributed by atoms with Gasteiger partial charge in [0, 0.05) is 34.1 Å². The van der Waals surface area contributed by atoms with Crippen LogP contribution in [-0.4, -0.2) is 17.6 Å². The number of fused-ring (bicyclic) bond motifs is 1. The molecular weight excluding hydrogens is 363 g/mol. The Bertz CT molecular complexity index is 845. The smallest absolute Gasteiger partial charge is 0.251 e. The summed E-state index contributed by atoms with van der Waals surface area (Å²) in [4.78, 5) is 17.7. The zero-order valence-corrected chi connectivity index (χ0v) is 14.9. The highest BCUT2D eigenvalue weighted by molar-refractivity contribution is 6.35. The van der Waals surface area contributed by atoms with Crippen LogP contribution in [0, 0.1) is 0 Å². The summed E-state index contributed by atoms with van der Waals surface area (Å²) in [5.74, 6) is 0.572. The van der Waals surface area contributed by atoms with Crippen molar-refractivity contribution >= 4 is 34.7 Å². The van der Waals surface area contributed by atoms with E-state index >= 15 is 0 Å². The molecule has 0 saturated carbocycles. The molecule has 1 aliphatic rings. The Hall–Kier alpha value is -2.37. The van der Waals surface area contributed by atoms with Gasteiger partial charge >= 0.3 is 0 Å². The fraction of sp³-hybridized carbons (Fsp3) is 0.167. The minimum Gasteiger partial charge on any atom is -0.508 e. The summed E-state index contributed by atoms with van der Waals surface area (Å²) in [6.07, 6.45) is 0.543. The average molecular weight is 379 g/mol. The van der Waals surface area contributed by atoms with Gasteiger partial charge in [-0.3, -0.25) is 4.79 Å². The van der Waals surface area contributed by atoms with Crippen molar-refractivity contribution in [2.75, 3.05) is 6.54 Å². The summed E-state index contributed by atoms with van der Waals surface area (Å²) >= 11 is 11.8. The Kier molecular flexibility index (Phi) is 5.06. The van der Waals surface area contributed by atoms with E-state index in [1.165, 1.54) is 0 Å². The first-order valence-electron chi connectivity index (χ1n) is 7.64. The first-order chi connectivity index (χ1) is 11.9. The predicted molar refractivity (Wildman–Crippen MR) is 97.9 cm³/mol. The van der Waals surface area contributed by atoms with Gasteiger partial charge in [-0.25, -0.2) is 5.48 Å². The van der Waals surface area contributed by atoms with E-state index in [1.807, 2.05) is 6.92 Å². The molecule has 3 N–H and O–H groups in total. The van der Waals surface area contributed by atoms with Crippen molar-refractivity contribution in [2.24, 2.45) is 0 Å². The second-order valence-electron chi connectivity index (χ2n) is 5.65. The molecule has 0 fully saturated rings. The van der Waals surface area contributed by atoms with Gasteiger partial charge in [0.25, 0.3) is 5.91 Å². The second-order valence-corrected chi connectivity index (χ2v) is 6.53. The van der Waals surface area contributed by atoms with Crippen molar-refractivity contribution in [2.45, 2.75) is 13.3 Å². The van der Waals surface area contributed by atoms with Crippen LogP contribution in [0.3, 0.4) is 0 Å². The Labute approximate surface area is 155 Å². The molecule has 3 rings (SSSR count). The quantitative estimate of drug-likeness (QED) is 0.747. The minimum atomic E-state index is -0.252. The van der Waals surface area contributed by atoms with Gasteiger partial charge in [0.05, 0.1) is 5.70 Å². The number of halogens is 2. The lowest BCUT2D eigenvalue weighted by Crippen LogP contribution is -2.29. The second kappa shape index (κ2) is 7.25. The molecule has 5 nitrogen and oxygen atoms in total. The molecule has 0 atom stereocenters. The summed E-state index contributed by atoms with van der Waals surface area (Å²) < 4.78 is 0. The van der Waals surface area contributed by atoms with Crippen molar-refractivity contribution in [3.8, 4) is 11.5 Å². The minimum absolute atomic E-state index is 0.175. The number of phenolic OH excluding ortho intramolecular Hbond substituents is 1. The molecule has 1 aliphatic heterocycles. The highest BCUT2D eigenvalue weighted by Crippen LogP contribution is 2.34. The molecule has 0 aliphatic carbocycles. The lowest BCUT2D eigenvalue weighted by Gasteiger charge is -2.23. The monoisotopic (exact) mass is 378 g/mol. The number of carbonyl (C=O) groups is 1. The number of nitrogens with one attached hydrogen (secondary N) is 2. The van der Waals surface area contributed by atoms with E-state index in [4.69, 9.17) is 28.0 Å². The number of benzene rings is 2. The molecule has 0 radical (unpaired) electrons. The Balaban J connectivity index is 1.66. The number of phenols is 1. The molecule has 1 heterocycles. The normalized spacial score (nSPS) is 12.9. The highest BCUT2D eigenvalue weighted by atomic mass is 35.5. The summed E-state index contributed by atoms with van der Waals surface area (Å²) in [5.41, 5.74) is 5.90. The first-order valence-corrected chi connectivity index (χ1v) is 8.40. The maximum absolute atomic E-state index is 12.2. The zero-order chi connectivity index (χ0) is 18.0. The van der Waals surface area contributed by atoms with E-state index in [0.717, 1.165) is 16.8 Å². The number of hydrogen-bond acceptors (Lipinski definition) is 4. The van der Waals surface area contributed by atoms with Crippen LogP contribution >= 0.6 is 23.2 Å². The number of rotatable bonds is 4. The van der Waals surface area contributed by atoms with Crippen LogP contribution in [0.2, 0.25) is 10.0 Å². The first kappa shape index (κ1) is 17.5. The molecule has 2 aromatic carbocycles. The molecule has 0 bridgehead atoms. The van der Waals surface area contributed by atoms with E-state index in [2.05, 4.69) is 10.8 Å². The van der Waals surface area contributed by atoms with Gasteiger partial charge in [0.2, 0.25) is 0 Å². The van der Waals surface area contributed by atoms with Crippen molar-refractivity contribution in [3.63, 3.8) is 0 Å². The van der Waals surface area contributed by atoms with Crippen LogP contribution in [0.4, 0.5) is 0 Å². The van der Waals surface area contributed by atoms with Gasteiger partial charge in [-0.15, -0.1) is 0 Å². The molecule has 0 aromatic heterocycles. The van der Waals surface area contributed by atoms with Crippen molar-refractivity contribution in [1.82, 2.24) is 10.8 Å². The molecule has 7 heteroatoms. The molecule has 0 spiro atoms. The van der Waals surface area contributed by atoms with Crippen LogP contribution in [0.5, 0.6) is 11.5 Å².